The second-order valence-electron chi connectivity index (χ2n) is 7.81. The molecule has 2 N–H and O–H groups in total. The van der Waals surface area contributed by atoms with Crippen LogP contribution in [0.15, 0.2) is 65.6 Å². The van der Waals surface area contributed by atoms with Gasteiger partial charge in [0.2, 0.25) is 5.91 Å². The fourth-order valence-electron chi connectivity index (χ4n) is 3.57. The number of carbonyl (C=O) groups is 2. The number of hydrogen-bond donors (Lipinski definition) is 2. The van der Waals surface area contributed by atoms with E-state index in [-0.39, 0.29) is 39.5 Å². The van der Waals surface area contributed by atoms with Crippen molar-refractivity contribution in [3.05, 3.63) is 93.2 Å². The molecular weight excluding hydrogens is 489 g/mol. The maximum atomic E-state index is 14.8. The summed E-state index contributed by atoms with van der Waals surface area (Å²) in [6.45, 7) is 2.97. The van der Waals surface area contributed by atoms with Gasteiger partial charge in [0, 0.05) is 38.4 Å². The number of anilines is 2. The highest BCUT2D eigenvalue weighted by Gasteiger charge is 2.23. The lowest BCUT2D eigenvalue weighted by molar-refractivity contribution is -0.114. The molecule has 0 spiro atoms. The number of hydrogen-bond acceptors (Lipinski definition) is 5. The third-order valence-electron chi connectivity index (χ3n) is 5.31. The number of ether oxygens (including phenoxy) is 1. The molecule has 0 bridgehead atoms. The highest BCUT2D eigenvalue weighted by Crippen LogP contribution is 2.33. The zero-order chi connectivity index (χ0) is 26.0. The van der Waals surface area contributed by atoms with Gasteiger partial charge in [0.05, 0.1) is 22.1 Å². The van der Waals surface area contributed by atoms with E-state index < -0.39 is 17.3 Å². The van der Waals surface area contributed by atoms with Crippen LogP contribution in [-0.2, 0) is 11.8 Å². The quantitative estimate of drug-likeness (QED) is 0.392. The molecule has 2 amide bonds. The molecule has 0 unspecified atom stereocenters. The lowest BCUT2D eigenvalue weighted by atomic mass is 10.2. The minimum atomic E-state index is -0.806. The second kappa shape index (κ2) is 10.0. The molecule has 4 rings (SSSR count). The molecule has 0 saturated heterocycles. The zero-order valence-corrected chi connectivity index (χ0v) is 20.3. The number of pyridine rings is 1. The predicted molar refractivity (Wildman–Crippen MR) is 134 cm³/mol. The van der Waals surface area contributed by atoms with Crippen molar-refractivity contribution in [2.24, 2.45) is 7.05 Å². The van der Waals surface area contributed by atoms with E-state index in [4.69, 9.17) is 16.3 Å². The van der Waals surface area contributed by atoms with Crippen LogP contribution in [0.1, 0.15) is 23.0 Å². The fraction of sp³-hybridized carbons (Fsp3) is 0.120. The van der Waals surface area contributed by atoms with Crippen molar-refractivity contribution in [3.63, 3.8) is 0 Å². The zero-order valence-electron chi connectivity index (χ0n) is 19.5. The van der Waals surface area contributed by atoms with Crippen LogP contribution in [0.25, 0.3) is 5.69 Å². The number of amides is 2. The summed E-state index contributed by atoms with van der Waals surface area (Å²) in [5.41, 5.74) is 0.360. The third kappa shape index (κ3) is 4.98. The van der Waals surface area contributed by atoms with Crippen LogP contribution >= 0.6 is 11.6 Å². The van der Waals surface area contributed by atoms with Crippen LogP contribution in [-0.4, -0.2) is 26.2 Å². The van der Waals surface area contributed by atoms with E-state index in [0.29, 0.717) is 11.4 Å². The second-order valence-corrected chi connectivity index (χ2v) is 8.22. The van der Waals surface area contributed by atoms with E-state index in [9.17, 15) is 18.8 Å². The van der Waals surface area contributed by atoms with E-state index in [1.807, 2.05) is 6.07 Å². The van der Waals surface area contributed by atoms with Crippen molar-refractivity contribution in [2.45, 2.75) is 13.8 Å². The Morgan fingerprint density at radius 3 is 2.50 bits per heavy atom. The van der Waals surface area contributed by atoms with E-state index in [2.05, 4.69) is 15.6 Å². The van der Waals surface area contributed by atoms with Crippen molar-refractivity contribution in [1.82, 2.24) is 14.3 Å². The van der Waals surface area contributed by atoms with E-state index in [1.54, 1.807) is 42.9 Å². The van der Waals surface area contributed by atoms with Gasteiger partial charge in [0.15, 0.2) is 11.6 Å². The van der Waals surface area contributed by atoms with Gasteiger partial charge in [-0.2, -0.15) is 0 Å². The molecule has 11 heteroatoms. The summed E-state index contributed by atoms with van der Waals surface area (Å²) in [7, 11) is 1.66. The standard InChI is InChI=1S/C25H21ClFN5O4/c1-14-23(25(35)32(31(14)3)16-7-5-4-6-8-16)24(34)30-20-13-19(27)21(12-18(20)26)36-17-9-10-28-22(11-17)29-15(2)33/h4-13H,1-3H3,(H,30,34)(H,28,29,33). The fourth-order valence-corrected chi connectivity index (χ4v) is 3.77. The summed E-state index contributed by atoms with van der Waals surface area (Å²) in [4.78, 5) is 41.3. The van der Waals surface area contributed by atoms with Gasteiger partial charge in [0.25, 0.3) is 11.5 Å². The molecule has 0 atom stereocenters. The van der Waals surface area contributed by atoms with Gasteiger partial charge in [0.1, 0.15) is 17.1 Å². The molecule has 2 heterocycles. The maximum Gasteiger partial charge on any atom is 0.284 e. The summed E-state index contributed by atoms with van der Waals surface area (Å²) in [6, 6.07) is 14.0. The summed E-state index contributed by atoms with van der Waals surface area (Å²) >= 11 is 6.29. The molecule has 4 aromatic rings. The number of aromatic nitrogens is 3. The molecule has 0 radical (unpaired) electrons. The Bertz CT molecular complexity index is 1530. The van der Waals surface area contributed by atoms with E-state index >= 15 is 0 Å². The smallest absolute Gasteiger partial charge is 0.284 e. The van der Waals surface area contributed by atoms with Crippen LogP contribution in [0.2, 0.25) is 5.02 Å². The number of carbonyl (C=O) groups excluding carboxylic acids is 2. The Balaban J connectivity index is 1.59. The van der Waals surface area contributed by atoms with E-state index in [1.165, 1.54) is 36.0 Å². The highest BCUT2D eigenvalue weighted by atomic mass is 35.5. The topological polar surface area (TPSA) is 107 Å². The number of para-hydroxylation sites is 1. The first-order valence-corrected chi connectivity index (χ1v) is 11.1. The normalized spacial score (nSPS) is 10.7. The van der Waals surface area contributed by atoms with Gasteiger partial charge in [-0.25, -0.2) is 14.1 Å². The number of nitrogens with one attached hydrogen (secondary N) is 2. The van der Waals surface area contributed by atoms with Gasteiger partial charge < -0.3 is 15.4 Å². The molecule has 2 aromatic heterocycles. The summed E-state index contributed by atoms with van der Waals surface area (Å²) in [6.07, 6.45) is 1.39. The van der Waals surface area contributed by atoms with Crippen LogP contribution in [0.5, 0.6) is 11.5 Å². The van der Waals surface area contributed by atoms with E-state index in [0.717, 1.165) is 6.07 Å². The first-order valence-electron chi connectivity index (χ1n) is 10.7. The molecule has 9 nitrogen and oxygen atoms in total. The summed E-state index contributed by atoms with van der Waals surface area (Å²) < 4.78 is 23.3. The Labute approximate surface area is 210 Å². The van der Waals surface area contributed by atoms with Crippen LogP contribution in [0.4, 0.5) is 15.9 Å². The van der Waals surface area contributed by atoms with Crippen molar-refractivity contribution in [1.29, 1.82) is 0 Å². The SMILES string of the molecule is CC(=O)Nc1cc(Oc2cc(Cl)c(NC(=O)c3c(C)n(C)n(-c4ccccc4)c3=O)cc2F)ccn1. The van der Waals surface area contributed by atoms with Gasteiger partial charge in [-0.1, -0.05) is 29.8 Å². The molecule has 0 aliphatic carbocycles. The number of nitrogens with zero attached hydrogens (tertiary/aromatic N) is 3. The third-order valence-corrected chi connectivity index (χ3v) is 5.63. The van der Waals surface area contributed by atoms with Gasteiger partial charge >= 0.3 is 0 Å². The maximum absolute atomic E-state index is 14.8. The molecule has 0 aliphatic heterocycles. The van der Waals surface area contributed by atoms with Crippen LogP contribution < -0.4 is 20.9 Å². The van der Waals surface area contributed by atoms with Crippen LogP contribution in [0.3, 0.4) is 0 Å². The summed E-state index contributed by atoms with van der Waals surface area (Å²) in [5.74, 6) is -1.62. The Morgan fingerprint density at radius 2 is 1.81 bits per heavy atom. The first-order chi connectivity index (χ1) is 17.2. The molecular formula is C25H21ClFN5O4. The number of halogens is 2. The lowest BCUT2D eigenvalue weighted by Crippen LogP contribution is -2.25. The van der Waals surface area contributed by atoms with Gasteiger partial charge in [-0.15, -0.1) is 0 Å². The molecule has 0 saturated carbocycles. The molecule has 0 fully saturated rings. The minimum Gasteiger partial charge on any atom is -0.454 e. The average molecular weight is 510 g/mol. The molecule has 0 aliphatic rings. The minimum absolute atomic E-state index is 0.00661. The highest BCUT2D eigenvalue weighted by molar-refractivity contribution is 6.34. The number of rotatable bonds is 6. The van der Waals surface area contributed by atoms with Crippen molar-refractivity contribution >= 4 is 34.9 Å². The van der Waals surface area contributed by atoms with Crippen molar-refractivity contribution in [3.8, 4) is 17.2 Å². The lowest BCUT2D eigenvalue weighted by Gasteiger charge is -2.12. The summed E-state index contributed by atoms with van der Waals surface area (Å²) in [5, 5.41) is 5.01. The first kappa shape index (κ1) is 24.7. The number of benzene rings is 2. The van der Waals surface area contributed by atoms with Crippen molar-refractivity contribution in [2.75, 3.05) is 10.6 Å². The molecule has 36 heavy (non-hydrogen) atoms. The molecule has 2 aromatic carbocycles. The largest absolute Gasteiger partial charge is 0.454 e. The Hall–Kier alpha value is -4.44. The monoisotopic (exact) mass is 509 g/mol. The predicted octanol–water partition coefficient (Wildman–Crippen LogP) is 4.67. The Morgan fingerprint density at radius 1 is 1.08 bits per heavy atom. The molecule has 184 valence electrons. The van der Waals surface area contributed by atoms with Crippen molar-refractivity contribution < 1.29 is 18.7 Å². The Kier molecular flexibility index (Phi) is 6.89. The van der Waals surface area contributed by atoms with Gasteiger partial charge in [-0.3, -0.25) is 19.1 Å². The average Bonchev–Trinajstić information content (AvgIpc) is 3.05. The van der Waals surface area contributed by atoms with Gasteiger partial charge in [-0.05, 0) is 25.1 Å². The van der Waals surface area contributed by atoms with Crippen LogP contribution in [0, 0.1) is 12.7 Å².